The van der Waals surface area contributed by atoms with Crippen LogP contribution in [0.4, 0.5) is 0 Å². The Labute approximate surface area is 243 Å². The second-order valence-electron chi connectivity index (χ2n) is 10.7. The van der Waals surface area contributed by atoms with Crippen LogP contribution < -0.4 is 9.47 Å². The van der Waals surface area contributed by atoms with Crippen molar-refractivity contribution in [1.29, 1.82) is 0 Å². The highest BCUT2D eigenvalue weighted by molar-refractivity contribution is 5.96. The third-order valence-electron chi connectivity index (χ3n) is 7.31. The largest absolute Gasteiger partial charge is 0.493 e. The molecule has 0 aliphatic carbocycles. The molecule has 0 fully saturated rings. The molecule has 4 aromatic rings. The first-order valence-corrected chi connectivity index (χ1v) is 14.2. The van der Waals surface area contributed by atoms with Crippen molar-refractivity contribution < 1.29 is 19.1 Å². The fourth-order valence-electron chi connectivity index (χ4n) is 5.07. The van der Waals surface area contributed by atoms with E-state index in [0.29, 0.717) is 43.1 Å². The summed E-state index contributed by atoms with van der Waals surface area (Å²) in [6, 6.07) is 21.5. The molecule has 0 saturated carbocycles. The average Bonchev–Trinajstić information content (AvgIpc) is 3.41. The first-order valence-electron chi connectivity index (χ1n) is 14.2. The van der Waals surface area contributed by atoms with Gasteiger partial charge in [-0.25, -0.2) is 0 Å². The van der Waals surface area contributed by atoms with Gasteiger partial charge >= 0.3 is 0 Å². The first kappa shape index (κ1) is 29.7. The highest BCUT2D eigenvalue weighted by atomic mass is 16.5. The number of para-hydroxylation sites is 1. The quantitative estimate of drug-likeness (QED) is 0.216. The number of hydrogen-bond donors (Lipinski definition) is 1. The molecule has 4 rings (SSSR count). The summed E-state index contributed by atoms with van der Waals surface area (Å²) in [6.45, 7) is 7.59. The molecule has 0 atom stereocenters. The molecule has 1 N–H and O–H groups in total. The van der Waals surface area contributed by atoms with E-state index in [2.05, 4.69) is 31.8 Å². The van der Waals surface area contributed by atoms with E-state index in [0.717, 1.165) is 28.5 Å². The number of aromatic nitrogens is 1. The maximum Gasteiger partial charge on any atom is 0.254 e. The summed E-state index contributed by atoms with van der Waals surface area (Å²) in [5.74, 6) is 1.24. The number of carbonyl (C=O) groups is 2. The second-order valence-corrected chi connectivity index (χ2v) is 10.7. The number of fused-ring (bicyclic) bond motifs is 1. The summed E-state index contributed by atoms with van der Waals surface area (Å²) < 4.78 is 10.9. The molecule has 216 valence electrons. The lowest BCUT2D eigenvalue weighted by Gasteiger charge is -2.29. The molecule has 0 aliphatic rings. The van der Waals surface area contributed by atoms with Crippen LogP contribution in [0.3, 0.4) is 0 Å². The van der Waals surface area contributed by atoms with Gasteiger partial charge in [-0.3, -0.25) is 9.59 Å². The molecule has 2 amide bonds. The number of rotatable bonds is 13. The molecule has 41 heavy (non-hydrogen) atoms. The Morgan fingerprint density at radius 1 is 0.878 bits per heavy atom. The smallest absolute Gasteiger partial charge is 0.254 e. The van der Waals surface area contributed by atoms with Gasteiger partial charge in [0.1, 0.15) is 6.54 Å². The van der Waals surface area contributed by atoms with Crippen LogP contribution in [0, 0.1) is 5.92 Å². The maximum atomic E-state index is 13.9. The van der Waals surface area contributed by atoms with E-state index in [1.165, 1.54) is 5.56 Å². The molecule has 0 saturated heterocycles. The summed E-state index contributed by atoms with van der Waals surface area (Å²) in [5.41, 5.74) is 4.92. The number of ether oxygens (including phenoxy) is 2. The van der Waals surface area contributed by atoms with Crippen molar-refractivity contribution in [3.05, 3.63) is 95.2 Å². The van der Waals surface area contributed by atoms with Crippen LogP contribution in [0.15, 0.2) is 72.9 Å². The highest BCUT2D eigenvalue weighted by Crippen LogP contribution is 2.28. The summed E-state index contributed by atoms with van der Waals surface area (Å²) >= 11 is 0. The summed E-state index contributed by atoms with van der Waals surface area (Å²) in [7, 11) is 3.20. The lowest BCUT2D eigenvalue weighted by molar-refractivity contribution is -0.132. The number of aromatic amines is 1. The minimum atomic E-state index is -0.127. The number of methoxy groups -OCH3 is 2. The molecule has 1 heterocycles. The Balaban J connectivity index is 1.58. The monoisotopic (exact) mass is 555 g/mol. The van der Waals surface area contributed by atoms with Crippen molar-refractivity contribution >= 4 is 22.7 Å². The number of aryl methyl sites for hydroxylation is 1. The number of amides is 2. The van der Waals surface area contributed by atoms with Crippen LogP contribution >= 0.6 is 0 Å². The standard InChI is InChI=1S/C34H41N3O4/c1-6-25-11-14-27(15-12-25)34(39)37(21-24(2)3)23-33(38)36(22-26-13-16-31(40-4)32(19-26)41-5)18-17-28-20-35-30-10-8-7-9-29(28)30/h7-16,19-20,24,35H,6,17-18,21-23H2,1-5H3. The first-order chi connectivity index (χ1) is 19.8. The van der Waals surface area contributed by atoms with Gasteiger partial charge in [0, 0.05) is 42.3 Å². The van der Waals surface area contributed by atoms with Crippen LogP contribution in [0.1, 0.15) is 47.8 Å². The van der Waals surface area contributed by atoms with Crippen LogP contribution in [0.2, 0.25) is 0 Å². The zero-order valence-electron chi connectivity index (χ0n) is 24.8. The SMILES string of the molecule is CCc1ccc(C(=O)N(CC(=O)N(CCc2c[nH]c3ccccc23)Cc2ccc(OC)c(OC)c2)CC(C)C)cc1. The van der Waals surface area contributed by atoms with Gasteiger partial charge in [0.2, 0.25) is 5.91 Å². The topological polar surface area (TPSA) is 74.9 Å². The Hall–Kier alpha value is -4.26. The molecule has 0 spiro atoms. The Morgan fingerprint density at radius 3 is 2.27 bits per heavy atom. The molecule has 7 nitrogen and oxygen atoms in total. The summed E-state index contributed by atoms with van der Waals surface area (Å²) in [5, 5.41) is 1.15. The number of hydrogen-bond acceptors (Lipinski definition) is 4. The van der Waals surface area contributed by atoms with E-state index in [9.17, 15) is 9.59 Å². The van der Waals surface area contributed by atoms with Crippen molar-refractivity contribution in [2.24, 2.45) is 5.92 Å². The number of H-pyrrole nitrogens is 1. The van der Waals surface area contributed by atoms with Crippen LogP contribution in [-0.4, -0.2) is 60.5 Å². The normalized spacial score (nSPS) is 11.1. The molecular formula is C34H41N3O4. The summed E-state index contributed by atoms with van der Waals surface area (Å²) in [4.78, 5) is 34.4. The van der Waals surface area contributed by atoms with E-state index >= 15 is 0 Å². The molecule has 3 aromatic carbocycles. The van der Waals surface area contributed by atoms with Crippen molar-refractivity contribution in [3.63, 3.8) is 0 Å². The minimum Gasteiger partial charge on any atom is -0.493 e. The van der Waals surface area contributed by atoms with E-state index in [1.807, 2.05) is 71.8 Å². The number of carbonyl (C=O) groups excluding carboxylic acids is 2. The number of nitrogens with zero attached hydrogens (tertiary/aromatic N) is 2. The molecule has 1 aromatic heterocycles. The fourth-order valence-corrected chi connectivity index (χ4v) is 5.07. The van der Waals surface area contributed by atoms with Gasteiger partial charge in [0.25, 0.3) is 5.91 Å². The van der Waals surface area contributed by atoms with Gasteiger partial charge in [-0.2, -0.15) is 0 Å². The van der Waals surface area contributed by atoms with Gasteiger partial charge < -0.3 is 24.3 Å². The third-order valence-corrected chi connectivity index (χ3v) is 7.31. The summed E-state index contributed by atoms with van der Waals surface area (Å²) in [6.07, 6.45) is 3.60. The van der Waals surface area contributed by atoms with E-state index in [4.69, 9.17) is 9.47 Å². The molecule has 0 radical (unpaired) electrons. The van der Waals surface area contributed by atoms with Gasteiger partial charge in [-0.05, 0) is 65.8 Å². The van der Waals surface area contributed by atoms with Gasteiger partial charge in [-0.15, -0.1) is 0 Å². The lowest BCUT2D eigenvalue weighted by Crippen LogP contribution is -2.44. The fraction of sp³-hybridized carbons (Fsp3) is 0.353. The van der Waals surface area contributed by atoms with Crippen molar-refractivity contribution in [3.8, 4) is 11.5 Å². The van der Waals surface area contributed by atoms with E-state index in [1.54, 1.807) is 19.1 Å². The molecular weight excluding hydrogens is 514 g/mol. The van der Waals surface area contributed by atoms with Crippen molar-refractivity contribution in [2.75, 3.05) is 33.9 Å². The molecule has 0 bridgehead atoms. The van der Waals surface area contributed by atoms with Crippen LogP contribution in [0.25, 0.3) is 10.9 Å². The third kappa shape index (κ3) is 7.48. The van der Waals surface area contributed by atoms with E-state index < -0.39 is 0 Å². The zero-order valence-corrected chi connectivity index (χ0v) is 24.8. The second kappa shape index (κ2) is 13.9. The van der Waals surface area contributed by atoms with Crippen molar-refractivity contribution in [1.82, 2.24) is 14.8 Å². The maximum absolute atomic E-state index is 13.9. The van der Waals surface area contributed by atoms with E-state index in [-0.39, 0.29) is 24.3 Å². The predicted molar refractivity (Wildman–Crippen MR) is 164 cm³/mol. The lowest BCUT2D eigenvalue weighted by atomic mass is 10.1. The van der Waals surface area contributed by atoms with Crippen molar-refractivity contribution in [2.45, 2.75) is 40.2 Å². The van der Waals surface area contributed by atoms with Gasteiger partial charge in [0.15, 0.2) is 11.5 Å². The number of nitrogens with one attached hydrogen (secondary N) is 1. The Kier molecular flexibility index (Phi) is 10.1. The number of benzene rings is 3. The Bertz CT molecular complexity index is 1460. The molecule has 0 aliphatic heterocycles. The van der Waals surface area contributed by atoms with Crippen LogP contribution in [-0.2, 0) is 24.2 Å². The minimum absolute atomic E-state index is 0.00766. The predicted octanol–water partition coefficient (Wildman–Crippen LogP) is 6.12. The zero-order chi connectivity index (χ0) is 29.4. The highest BCUT2D eigenvalue weighted by Gasteiger charge is 2.24. The van der Waals surface area contributed by atoms with Gasteiger partial charge in [0.05, 0.1) is 14.2 Å². The average molecular weight is 556 g/mol. The molecule has 7 heteroatoms. The molecule has 0 unspecified atom stereocenters. The Morgan fingerprint density at radius 2 is 1.59 bits per heavy atom. The van der Waals surface area contributed by atoms with Gasteiger partial charge in [-0.1, -0.05) is 57.2 Å². The van der Waals surface area contributed by atoms with Crippen LogP contribution in [0.5, 0.6) is 11.5 Å².